The van der Waals surface area contributed by atoms with Crippen LogP contribution < -0.4 is 0 Å². The van der Waals surface area contributed by atoms with Gasteiger partial charge >= 0.3 is 5.92 Å². The number of alkyl halides is 2. The molecule has 0 bridgehead atoms. The van der Waals surface area contributed by atoms with E-state index >= 15 is 0 Å². The highest BCUT2D eigenvalue weighted by Gasteiger charge is 2.43. The Morgan fingerprint density at radius 2 is 2.06 bits per heavy atom. The Hall–Kier alpha value is -1.85. The van der Waals surface area contributed by atoms with Crippen LogP contribution in [0.4, 0.5) is 14.5 Å². The zero-order valence-corrected chi connectivity index (χ0v) is 8.07. The van der Waals surface area contributed by atoms with Crippen LogP contribution in [0.2, 0.25) is 0 Å². The van der Waals surface area contributed by atoms with Crippen molar-refractivity contribution in [1.29, 1.82) is 0 Å². The number of rotatable bonds is 1. The Bertz CT molecular complexity index is 485. The maximum atomic E-state index is 13.1. The van der Waals surface area contributed by atoms with Gasteiger partial charge in [-0.3, -0.25) is 14.9 Å². The second-order valence-corrected chi connectivity index (χ2v) is 3.63. The van der Waals surface area contributed by atoms with Gasteiger partial charge in [0.1, 0.15) is 0 Å². The number of hydrogen-bond acceptors (Lipinski definition) is 3. The van der Waals surface area contributed by atoms with E-state index in [2.05, 4.69) is 0 Å². The van der Waals surface area contributed by atoms with Crippen molar-refractivity contribution >= 4 is 11.5 Å². The Morgan fingerprint density at radius 1 is 1.38 bits per heavy atom. The fraction of sp³-hybridized carbons (Fsp3) is 0.300. The maximum Gasteiger partial charge on any atom is 0.310 e. The predicted octanol–water partition coefficient (Wildman–Crippen LogP) is 2.36. The highest BCUT2D eigenvalue weighted by molar-refractivity contribution is 6.04. The van der Waals surface area contributed by atoms with Crippen molar-refractivity contribution in [2.75, 3.05) is 0 Å². The molecular formula is C10H7F2NO3. The monoisotopic (exact) mass is 227 g/mol. The molecule has 6 heteroatoms. The highest BCUT2D eigenvalue weighted by atomic mass is 19.3. The van der Waals surface area contributed by atoms with Crippen molar-refractivity contribution in [3.63, 3.8) is 0 Å². The minimum atomic E-state index is -3.40. The number of aryl methyl sites for hydroxylation is 1. The summed E-state index contributed by atoms with van der Waals surface area (Å²) >= 11 is 0. The van der Waals surface area contributed by atoms with Gasteiger partial charge in [-0.15, -0.1) is 0 Å². The van der Waals surface area contributed by atoms with E-state index in [4.69, 9.17) is 0 Å². The molecule has 0 atom stereocenters. The fourth-order valence-corrected chi connectivity index (χ4v) is 1.71. The number of nitro benzene ring substituents is 1. The summed E-state index contributed by atoms with van der Waals surface area (Å²) in [6.07, 6.45) is -0.470. The molecule has 0 heterocycles. The Morgan fingerprint density at radius 3 is 2.69 bits per heavy atom. The number of fused-ring (bicyclic) bond motifs is 1. The number of ketones is 1. The molecule has 0 fully saturated rings. The van der Waals surface area contributed by atoms with Gasteiger partial charge in [0, 0.05) is 24.1 Å². The van der Waals surface area contributed by atoms with E-state index in [0.717, 1.165) is 6.07 Å². The van der Waals surface area contributed by atoms with Gasteiger partial charge in [0.15, 0.2) is 0 Å². The van der Waals surface area contributed by atoms with Crippen LogP contribution in [0.5, 0.6) is 0 Å². The lowest BCUT2D eigenvalue weighted by Crippen LogP contribution is -2.34. The summed E-state index contributed by atoms with van der Waals surface area (Å²) in [4.78, 5) is 21.1. The minimum absolute atomic E-state index is 0.0616. The highest BCUT2D eigenvalue weighted by Crippen LogP contribution is 2.34. The van der Waals surface area contributed by atoms with Crippen molar-refractivity contribution in [3.8, 4) is 0 Å². The van der Waals surface area contributed by atoms with Crippen LogP contribution in [0.15, 0.2) is 18.2 Å². The second kappa shape index (κ2) is 3.33. The third-order valence-corrected chi connectivity index (χ3v) is 2.59. The zero-order chi connectivity index (χ0) is 11.9. The zero-order valence-electron chi connectivity index (χ0n) is 8.07. The molecule has 0 saturated carbocycles. The molecule has 0 N–H and O–H groups in total. The van der Waals surface area contributed by atoms with Gasteiger partial charge in [0.25, 0.3) is 5.69 Å². The lowest BCUT2D eigenvalue weighted by Gasteiger charge is -2.22. The average Bonchev–Trinajstić information content (AvgIpc) is 2.23. The van der Waals surface area contributed by atoms with Crippen molar-refractivity contribution in [3.05, 3.63) is 39.4 Å². The summed E-state index contributed by atoms with van der Waals surface area (Å²) in [6, 6.07) is 3.50. The van der Waals surface area contributed by atoms with Crippen molar-refractivity contribution < 1.29 is 18.5 Å². The van der Waals surface area contributed by atoms with E-state index in [1.54, 1.807) is 0 Å². The molecular weight excluding hydrogens is 220 g/mol. The molecule has 0 radical (unpaired) electrons. The molecule has 0 unspecified atom stereocenters. The maximum absolute atomic E-state index is 13.1. The number of Topliss-reactive ketones (excluding diaryl/α,β-unsaturated/α-hetero) is 1. The van der Waals surface area contributed by atoms with Gasteiger partial charge in [0.2, 0.25) is 5.78 Å². The SMILES string of the molecule is O=C1c2cc([N+](=O)[O-])ccc2CCC1(F)F. The summed E-state index contributed by atoms with van der Waals surface area (Å²) in [5.41, 5.74) is -0.128. The molecule has 0 spiro atoms. The van der Waals surface area contributed by atoms with Gasteiger partial charge in [0.05, 0.1) is 4.92 Å². The Labute approximate surface area is 89.0 Å². The van der Waals surface area contributed by atoms with E-state index in [1.807, 2.05) is 0 Å². The largest absolute Gasteiger partial charge is 0.310 e. The predicted molar refractivity (Wildman–Crippen MR) is 50.7 cm³/mol. The molecule has 2 rings (SSSR count). The lowest BCUT2D eigenvalue weighted by atomic mass is 9.88. The van der Waals surface area contributed by atoms with Crippen LogP contribution in [0, 0.1) is 10.1 Å². The molecule has 0 saturated heterocycles. The number of halogens is 2. The Kier molecular flexibility index (Phi) is 2.22. The van der Waals surface area contributed by atoms with Crippen molar-refractivity contribution in [1.82, 2.24) is 0 Å². The van der Waals surface area contributed by atoms with Crippen molar-refractivity contribution in [2.24, 2.45) is 0 Å². The standard InChI is InChI=1S/C10H7F2NO3/c11-10(12)4-3-6-1-2-7(13(15)16)5-8(6)9(10)14/h1-2,5H,3-4H2. The molecule has 1 aromatic carbocycles. The first-order chi connectivity index (χ1) is 7.42. The van der Waals surface area contributed by atoms with Crippen LogP contribution >= 0.6 is 0 Å². The molecule has 4 nitrogen and oxygen atoms in total. The summed E-state index contributed by atoms with van der Waals surface area (Å²) < 4.78 is 26.2. The lowest BCUT2D eigenvalue weighted by molar-refractivity contribution is -0.384. The van der Waals surface area contributed by atoms with Crippen LogP contribution in [-0.4, -0.2) is 16.6 Å². The third kappa shape index (κ3) is 1.56. The summed E-state index contributed by atoms with van der Waals surface area (Å²) in [5.74, 6) is -4.72. The molecule has 0 aromatic heterocycles. The van der Waals surface area contributed by atoms with E-state index in [-0.39, 0.29) is 17.7 Å². The molecule has 0 aliphatic heterocycles. The van der Waals surface area contributed by atoms with Gasteiger partial charge < -0.3 is 0 Å². The number of carbonyl (C=O) groups excluding carboxylic acids is 1. The van der Waals surface area contributed by atoms with Crippen molar-refractivity contribution in [2.45, 2.75) is 18.8 Å². The smallest absolute Gasteiger partial charge is 0.287 e. The second-order valence-electron chi connectivity index (χ2n) is 3.63. The van der Waals surface area contributed by atoms with Gasteiger partial charge in [-0.25, -0.2) is 0 Å². The molecule has 1 aliphatic carbocycles. The number of benzene rings is 1. The van der Waals surface area contributed by atoms with E-state index in [9.17, 15) is 23.7 Å². The number of hydrogen-bond donors (Lipinski definition) is 0. The van der Waals surface area contributed by atoms with Crippen LogP contribution in [0.25, 0.3) is 0 Å². The molecule has 16 heavy (non-hydrogen) atoms. The molecule has 84 valence electrons. The molecule has 1 aliphatic rings. The first kappa shape index (κ1) is 10.7. The van der Waals surface area contributed by atoms with E-state index in [0.29, 0.717) is 5.56 Å². The topological polar surface area (TPSA) is 60.2 Å². The fourth-order valence-electron chi connectivity index (χ4n) is 1.71. The van der Waals surface area contributed by atoms with E-state index < -0.39 is 23.0 Å². The van der Waals surface area contributed by atoms with Gasteiger partial charge in [-0.05, 0) is 12.0 Å². The average molecular weight is 227 g/mol. The first-order valence-corrected chi connectivity index (χ1v) is 4.62. The summed E-state index contributed by atoms with van der Waals surface area (Å²) in [5, 5.41) is 10.5. The number of nitrogens with zero attached hydrogens (tertiary/aromatic N) is 1. The van der Waals surface area contributed by atoms with Crippen LogP contribution in [0.1, 0.15) is 22.3 Å². The van der Waals surface area contributed by atoms with Gasteiger partial charge in [-0.2, -0.15) is 8.78 Å². The number of carbonyl (C=O) groups is 1. The van der Waals surface area contributed by atoms with E-state index in [1.165, 1.54) is 12.1 Å². The number of non-ortho nitro benzene ring substituents is 1. The summed E-state index contributed by atoms with van der Waals surface area (Å²) in [6.45, 7) is 0. The first-order valence-electron chi connectivity index (χ1n) is 4.62. The molecule has 0 amide bonds. The quantitative estimate of drug-likeness (QED) is 0.546. The van der Waals surface area contributed by atoms with Crippen LogP contribution in [0.3, 0.4) is 0 Å². The van der Waals surface area contributed by atoms with Crippen LogP contribution in [-0.2, 0) is 6.42 Å². The third-order valence-electron chi connectivity index (χ3n) is 2.59. The van der Waals surface area contributed by atoms with Gasteiger partial charge in [-0.1, -0.05) is 6.07 Å². The molecule has 1 aromatic rings. The normalized spacial score (nSPS) is 18.0. The Balaban J connectivity index is 2.53. The number of nitro groups is 1. The minimum Gasteiger partial charge on any atom is -0.287 e. The summed E-state index contributed by atoms with van der Waals surface area (Å²) in [7, 11) is 0.